The standard InChI is InChI=1S/C21H17N7O2/c1-15-10-19(17-7-3-2-4-8-17)27(26-15)21-12-20(22-14-23-21)25-24-13-16-6-5-9-18(11-16)28(29)30/h2-14H,1H3,(H,22,23,25). The van der Waals surface area contributed by atoms with Gasteiger partial charge < -0.3 is 0 Å². The molecule has 30 heavy (non-hydrogen) atoms. The molecule has 2 heterocycles. The Labute approximate surface area is 171 Å². The summed E-state index contributed by atoms with van der Waals surface area (Å²) < 4.78 is 1.75. The van der Waals surface area contributed by atoms with E-state index in [1.54, 1.807) is 22.9 Å². The third-order valence-corrected chi connectivity index (χ3v) is 4.24. The van der Waals surface area contributed by atoms with Crippen LogP contribution in [0.1, 0.15) is 11.3 Å². The molecule has 0 saturated heterocycles. The van der Waals surface area contributed by atoms with Crippen molar-refractivity contribution in [3.63, 3.8) is 0 Å². The lowest BCUT2D eigenvalue weighted by atomic mass is 10.1. The number of aromatic nitrogens is 4. The van der Waals surface area contributed by atoms with Gasteiger partial charge in [0.15, 0.2) is 11.6 Å². The highest BCUT2D eigenvalue weighted by Crippen LogP contribution is 2.23. The van der Waals surface area contributed by atoms with Gasteiger partial charge in [-0.1, -0.05) is 42.5 Å². The quantitative estimate of drug-likeness (QED) is 0.298. The largest absolute Gasteiger partial charge is 0.270 e. The summed E-state index contributed by atoms with van der Waals surface area (Å²) in [4.78, 5) is 18.9. The van der Waals surface area contributed by atoms with Crippen molar-refractivity contribution in [1.29, 1.82) is 0 Å². The van der Waals surface area contributed by atoms with Crippen LogP contribution >= 0.6 is 0 Å². The van der Waals surface area contributed by atoms with E-state index in [4.69, 9.17) is 0 Å². The number of nitro groups is 1. The van der Waals surface area contributed by atoms with Gasteiger partial charge in [0, 0.05) is 29.3 Å². The lowest BCUT2D eigenvalue weighted by Gasteiger charge is -2.07. The van der Waals surface area contributed by atoms with Crippen LogP contribution in [0.5, 0.6) is 0 Å². The highest BCUT2D eigenvalue weighted by Gasteiger charge is 2.11. The molecule has 1 N–H and O–H groups in total. The number of nitro benzene ring substituents is 1. The number of aryl methyl sites for hydroxylation is 1. The Bertz CT molecular complexity index is 1220. The van der Waals surface area contributed by atoms with Crippen LogP contribution in [-0.4, -0.2) is 30.9 Å². The Morgan fingerprint density at radius 2 is 1.90 bits per heavy atom. The molecule has 0 spiro atoms. The van der Waals surface area contributed by atoms with E-state index < -0.39 is 4.92 Å². The van der Waals surface area contributed by atoms with Crippen LogP contribution in [0.25, 0.3) is 17.1 Å². The van der Waals surface area contributed by atoms with E-state index in [0.717, 1.165) is 17.0 Å². The van der Waals surface area contributed by atoms with Gasteiger partial charge >= 0.3 is 0 Å². The van der Waals surface area contributed by atoms with Crippen LogP contribution in [-0.2, 0) is 0 Å². The maximum Gasteiger partial charge on any atom is 0.270 e. The summed E-state index contributed by atoms with van der Waals surface area (Å²) in [6.07, 6.45) is 2.91. The number of hydrogen-bond donors (Lipinski definition) is 1. The van der Waals surface area contributed by atoms with E-state index in [-0.39, 0.29) is 5.69 Å². The number of nitrogens with one attached hydrogen (secondary N) is 1. The molecule has 0 aliphatic heterocycles. The third-order valence-electron chi connectivity index (χ3n) is 4.24. The molecule has 9 heteroatoms. The van der Waals surface area contributed by atoms with Gasteiger partial charge in [0.2, 0.25) is 0 Å². The fourth-order valence-corrected chi connectivity index (χ4v) is 2.90. The molecule has 0 amide bonds. The van der Waals surface area contributed by atoms with Crippen LogP contribution in [0.4, 0.5) is 11.5 Å². The zero-order valence-corrected chi connectivity index (χ0v) is 16.0. The van der Waals surface area contributed by atoms with Crippen molar-refractivity contribution in [3.8, 4) is 17.1 Å². The van der Waals surface area contributed by atoms with Gasteiger partial charge in [0.05, 0.1) is 22.5 Å². The molecule has 0 aliphatic rings. The van der Waals surface area contributed by atoms with E-state index in [2.05, 4.69) is 25.6 Å². The average molecular weight is 399 g/mol. The van der Waals surface area contributed by atoms with Crippen molar-refractivity contribution in [2.45, 2.75) is 6.92 Å². The van der Waals surface area contributed by atoms with Crippen LogP contribution < -0.4 is 5.43 Å². The smallest absolute Gasteiger partial charge is 0.261 e. The van der Waals surface area contributed by atoms with Crippen molar-refractivity contribution in [3.05, 3.63) is 94.4 Å². The van der Waals surface area contributed by atoms with Gasteiger partial charge in [-0.3, -0.25) is 15.5 Å². The molecule has 0 bridgehead atoms. The molecule has 2 aromatic carbocycles. The maximum absolute atomic E-state index is 10.9. The fourth-order valence-electron chi connectivity index (χ4n) is 2.90. The van der Waals surface area contributed by atoms with Crippen LogP contribution in [0, 0.1) is 17.0 Å². The topological polar surface area (TPSA) is 111 Å². The molecule has 9 nitrogen and oxygen atoms in total. The molecular weight excluding hydrogens is 382 g/mol. The number of hydrogen-bond acceptors (Lipinski definition) is 7. The second kappa shape index (κ2) is 8.31. The summed E-state index contributed by atoms with van der Waals surface area (Å²) in [5.41, 5.74) is 6.23. The minimum absolute atomic E-state index is 0.00534. The molecule has 148 valence electrons. The first kappa shape index (κ1) is 18.9. The monoisotopic (exact) mass is 399 g/mol. The van der Waals surface area contributed by atoms with Gasteiger partial charge in [-0.25, -0.2) is 14.6 Å². The molecule has 0 unspecified atom stereocenters. The molecule has 4 rings (SSSR count). The molecule has 2 aromatic heterocycles. The zero-order chi connectivity index (χ0) is 20.9. The van der Waals surface area contributed by atoms with Gasteiger partial charge in [-0.2, -0.15) is 10.2 Å². The Morgan fingerprint density at radius 3 is 2.70 bits per heavy atom. The fraction of sp³-hybridized carbons (Fsp3) is 0.0476. The summed E-state index contributed by atoms with van der Waals surface area (Å²) >= 11 is 0. The molecule has 0 atom stereocenters. The molecular formula is C21H17N7O2. The molecule has 0 aliphatic carbocycles. The summed E-state index contributed by atoms with van der Waals surface area (Å²) in [6.45, 7) is 1.92. The van der Waals surface area contributed by atoms with Gasteiger partial charge in [0.25, 0.3) is 5.69 Å². The Morgan fingerprint density at radius 1 is 1.07 bits per heavy atom. The highest BCUT2D eigenvalue weighted by molar-refractivity contribution is 5.81. The Hall–Kier alpha value is -4.40. The number of rotatable bonds is 6. The van der Waals surface area contributed by atoms with Crippen molar-refractivity contribution in [1.82, 2.24) is 19.7 Å². The summed E-state index contributed by atoms with van der Waals surface area (Å²) in [7, 11) is 0. The lowest BCUT2D eigenvalue weighted by Crippen LogP contribution is -2.04. The first-order chi connectivity index (χ1) is 14.6. The van der Waals surface area contributed by atoms with Crippen molar-refractivity contribution in [2.75, 3.05) is 5.43 Å². The normalized spacial score (nSPS) is 11.0. The van der Waals surface area contributed by atoms with Crippen LogP contribution in [0.3, 0.4) is 0 Å². The third kappa shape index (κ3) is 4.20. The van der Waals surface area contributed by atoms with Gasteiger partial charge in [-0.15, -0.1) is 0 Å². The van der Waals surface area contributed by atoms with Gasteiger partial charge in [0.1, 0.15) is 6.33 Å². The molecule has 0 saturated carbocycles. The number of non-ortho nitro benzene ring substituents is 1. The first-order valence-corrected chi connectivity index (χ1v) is 9.08. The van der Waals surface area contributed by atoms with E-state index in [0.29, 0.717) is 17.2 Å². The van der Waals surface area contributed by atoms with Crippen molar-refractivity contribution in [2.24, 2.45) is 5.10 Å². The average Bonchev–Trinajstić information content (AvgIpc) is 3.17. The molecule has 0 radical (unpaired) electrons. The minimum atomic E-state index is -0.447. The predicted octanol–water partition coefficient (Wildman–Crippen LogP) is 3.99. The van der Waals surface area contributed by atoms with Crippen LogP contribution in [0.2, 0.25) is 0 Å². The second-order valence-corrected chi connectivity index (χ2v) is 6.43. The summed E-state index contributed by atoms with van der Waals surface area (Å²) in [5.74, 6) is 1.05. The van der Waals surface area contributed by atoms with Crippen LogP contribution in [0.15, 0.2) is 78.2 Å². The van der Waals surface area contributed by atoms with Crippen molar-refractivity contribution >= 4 is 17.7 Å². The number of hydrazone groups is 1. The molecule has 4 aromatic rings. The highest BCUT2D eigenvalue weighted by atomic mass is 16.6. The SMILES string of the molecule is Cc1cc(-c2ccccc2)n(-c2cc(NN=Cc3cccc([N+](=O)[O-])c3)ncn2)n1. The van der Waals surface area contributed by atoms with E-state index in [1.165, 1.54) is 24.7 Å². The van der Waals surface area contributed by atoms with E-state index in [1.807, 2.05) is 43.3 Å². The predicted molar refractivity (Wildman–Crippen MR) is 114 cm³/mol. The number of anilines is 1. The first-order valence-electron chi connectivity index (χ1n) is 9.08. The second-order valence-electron chi connectivity index (χ2n) is 6.43. The van der Waals surface area contributed by atoms with Crippen molar-refractivity contribution < 1.29 is 4.92 Å². The van der Waals surface area contributed by atoms with Gasteiger partial charge in [-0.05, 0) is 13.0 Å². The summed E-state index contributed by atoms with van der Waals surface area (Å²) in [5, 5.41) is 19.5. The lowest BCUT2D eigenvalue weighted by molar-refractivity contribution is -0.384. The Kier molecular flexibility index (Phi) is 5.25. The Balaban J connectivity index is 1.57. The minimum Gasteiger partial charge on any atom is -0.261 e. The van der Waals surface area contributed by atoms with E-state index in [9.17, 15) is 10.1 Å². The number of benzene rings is 2. The number of nitrogens with zero attached hydrogens (tertiary/aromatic N) is 6. The zero-order valence-electron chi connectivity index (χ0n) is 16.0. The summed E-state index contributed by atoms with van der Waals surface area (Å²) in [6, 6.07) is 19.8. The molecule has 0 fully saturated rings. The van der Waals surface area contributed by atoms with E-state index >= 15 is 0 Å². The maximum atomic E-state index is 10.9.